The smallest absolute Gasteiger partial charge is 0.255 e. The second kappa shape index (κ2) is 6.27. The van der Waals surface area contributed by atoms with Gasteiger partial charge in [0, 0.05) is 18.0 Å². The van der Waals surface area contributed by atoms with Crippen LogP contribution in [0.5, 0.6) is 5.75 Å². The van der Waals surface area contributed by atoms with Gasteiger partial charge in [-0.25, -0.2) is 0 Å². The topological polar surface area (TPSA) is 101 Å². The number of rotatable bonds is 4. The number of aromatic hydroxyl groups is 1. The van der Waals surface area contributed by atoms with E-state index in [1.54, 1.807) is 36.7 Å². The zero-order valence-corrected chi connectivity index (χ0v) is 12.4. The molecule has 7 nitrogen and oxygen atoms in total. The molecule has 2 heterocycles. The average molecular weight is 310 g/mol. The summed E-state index contributed by atoms with van der Waals surface area (Å²) in [5.74, 6) is 0.225. The van der Waals surface area contributed by atoms with E-state index in [2.05, 4.69) is 20.4 Å². The molecular formula is C16H14N4O3. The summed E-state index contributed by atoms with van der Waals surface area (Å²) >= 11 is 0. The molecule has 116 valence electrons. The number of phenols is 1. The van der Waals surface area contributed by atoms with E-state index in [1.807, 2.05) is 6.92 Å². The van der Waals surface area contributed by atoms with Gasteiger partial charge in [0.2, 0.25) is 11.7 Å². The fourth-order valence-electron chi connectivity index (χ4n) is 2.03. The third-order valence-electron chi connectivity index (χ3n) is 3.20. The number of nitrogens with one attached hydrogen (secondary N) is 1. The minimum atomic E-state index is -0.411. The summed E-state index contributed by atoms with van der Waals surface area (Å²) in [7, 11) is 0. The van der Waals surface area contributed by atoms with Crippen LogP contribution < -0.4 is 5.32 Å². The predicted octanol–water partition coefficient (Wildman–Crippen LogP) is 2.08. The molecule has 0 aliphatic carbocycles. The third-order valence-corrected chi connectivity index (χ3v) is 3.20. The zero-order valence-electron chi connectivity index (χ0n) is 12.4. The maximum Gasteiger partial charge on any atom is 0.255 e. The Kier molecular flexibility index (Phi) is 4.01. The highest BCUT2D eigenvalue weighted by Crippen LogP contribution is 2.18. The van der Waals surface area contributed by atoms with E-state index in [0.29, 0.717) is 5.82 Å². The summed E-state index contributed by atoms with van der Waals surface area (Å²) in [6, 6.07) is 8.37. The number of nitrogens with zero attached hydrogens (tertiary/aromatic N) is 3. The number of pyridine rings is 1. The van der Waals surface area contributed by atoms with E-state index in [9.17, 15) is 9.90 Å². The fraction of sp³-hybridized carbons (Fsp3) is 0.125. The Morgan fingerprint density at radius 1 is 1.26 bits per heavy atom. The van der Waals surface area contributed by atoms with Gasteiger partial charge in [-0.3, -0.25) is 9.78 Å². The van der Waals surface area contributed by atoms with Crippen molar-refractivity contribution in [3.63, 3.8) is 0 Å². The Bertz CT molecular complexity index is 830. The quantitative estimate of drug-likeness (QED) is 0.765. The summed E-state index contributed by atoms with van der Waals surface area (Å²) in [6.45, 7) is 1.91. The lowest BCUT2D eigenvalue weighted by atomic mass is 10.1. The van der Waals surface area contributed by atoms with Gasteiger partial charge in [-0.2, -0.15) is 4.98 Å². The fourth-order valence-corrected chi connectivity index (χ4v) is 2.03. The molecule has 0 unspecified atom stereocenters. The molecule has 1 aromatic carbocycles. The molecule has 0 fully saturated rings. The van der Waals surface area contributed by atoms with Crippen LogP contribution in [0.3, 0.4) is 0 Å². The van der Waals surface area contributed by atoms with Crippen LogP contribution in [0.4, 0.5) is 0 Å². The number of aryl methyl sites for hydroxylation is 1. The maximum absolute atomic E-state index is 12.1. The van der Waals surface area contributed by atoms with Gasteiger partial charge in [0.15, 0.2) is 0 Å². The van der Waals surface area contributed by atoms with Gasteiger partial charge in [-0.15, -0.1) is 0 Å². The molecule has 3 aromatic rings. The molecule has 2 N–H and O–H groups in total. The highest BCUT2D eigenvalue weighted by Gasteiger charge is 2.13. The van der Waals surface area contributed by atoms with E-state index < -0.39 is 5.91 Å². The van der Waals surface area contributed by atoms with Crippen molar-refractivity contribution in [1.82, 2.24) is 20.4 Å². The molecule has 0 radical (unpaired) electrons. The van der Waals surface area contributed by atoms with E-state index in [0.717, 1.165) is 11.1 Å². The van der Waals surface area contributed by atoms with Crippen molar-refractivity contribution in [2.45, 2.75) is 13.5 Å². The van der Waals surface area contributed by atoms with Crippen molar-refractivity contribution in [3.8, 4) is 17.1 Å². The monoisotopic (exact) mass is 310 g/mol. The number of hydrogen-bond acceptors (Lipinski definition) is 6. The number of carbonyl (C=O) groups excluding carboxylic acids is 1. The molecular weight excluding hydrogens is 296 g/mol. The van der Waals surface area contributed by atoms with Gasteiger partial charge in [-0.1, -0.05) is 11.2 Å². The molecule has 0 aliphatic heterocycles. The summed E-state index contributed by atoms with van der Waals surface area (Å²) in [4.78, 5) is 20.2. The minimum absolute atomic E-state index is 0.0643. The SMILES string of the molecule is Cc1ccc(C(=O)NCc2nc(-c3ccncc3)no2)c(O)c1. The van der Waals surface area contributed by atoms with E-state index in [-0.39, 0.29) is 23.7 Å². The van der Waals surface area contributed by atoms with Crippen LogP contribution in [0.2, 0.25) is 0 Å². The van der Waals surface area contributed by atoms with Crippen LogP contribution in [0.25, 0.3) is 11.4 Å². The van der Waals surface area contributed by atoms with Gasteiger partial charge in [0.1, 0.15) is 5.75 Å². The number of hydrogen-bond donors (Lipinski definition) is 2. The van der Waals surface area contributed by atoms with Gasteiger partial charge < -0.3 is 14.9 Å². The standard InChI is InChI=1S/C16H14N4O3/c1-10-2-3-12(13(21)8-10)16(22)18-9-14-19-15(20-23-14)11-4-6-17-7-5-11/h2-8,21H,9H2,1H3,(H,18,22). The molecule has 3 rings (SSSR count). The Morgan fingerprint density at radius 3 is 2.78 bits per heavy atom. The average Bonchev–Trinajstić information content (AvgIpc) is 3.02. The van der Waals surface area contributed by atoms with E-state index in [4.69, 9.17) is 4.52 Å². The van der Waals surface area contributed by atoms with Crippen molar-refractivity contribution in [2.75, 3.05) is 0 Å². The highest BCUT2D eigenvalue weighted by atomic mass is 16.5. The van der Waals surface area contributed by atoms with Crippen molar-refractivity contribution < 1.29 is 14.4 Å². The van der Waals surface area contributed by atoms with Gasteiger partial charge in [0.05, 0.1) is 12.1 Å². The second-order valence-corrected chi connectivity index (χ2v) is 4.95. The molecule has 23 heavy (non-hydrogen) atoms. The normalized spacial score (nSPS) is 10.5. The largest absolute Gasteiger partial charge is 0.507 e. The van der Waals surface area contributed by atoms with Crippen molar-refractivity contribution >= 4 is 5.91 Å². The maximum atomic E-state index is 12.1. The van der Waals surface area contributed by atoms with Crippen molar-refractivity contribution in [1.29, 1.82) is 0 Å². The Labute approximate surface area is 132 Å². The van der Waals surface area contributed by atoms with Crippen LogP contribution in [-0.2, 0) is 6.54 Å². The number of phenolic OH excluding ortho intramolecular Hbond substituents is 1. The summed E-state index contributed by atoms with van der Waals surface area (Å²) < 4.78 is 5.10. The van der Waals surface area contributed by atoms with E-state index >= 15 is 0 Å². The number of aromatic nitrogens is 3. The lowest BCUT2D eigenvalue weighted by Gasteiger charge is -2.05. The van der Waals surface area contributed by atoms with Crippen LogP contribution in [0, 0.1) is 6.92 Å². The molecule has 0 aliphatic rings. The molecule has 0 saturated carbocycles. The first-order valence-electron chi connectivity index (χ1n) is 6.94. The lowest BCUT2D eigenvalue weighted by molar-refractivity contribution is 0.0943. The van der Waals surface area contributed by atoms with Crippen molar-refractivity contribution in [3.05, 3.63) is 59.7 Å². The molecule has 0 saturated heterocycles. The van der Waals surface area contributed by atoms with Gasteiger partial charge in [-0.05, 0) is 36.8 Å². The Morgan fingerprint density at radius 2 is 2.04 bits per heavy atom. The Hall–Kier alpha value is -3.22. The second-order valence-electron chi connectivity index (χ2n) is 4.95. The van der Waals surface area contributed by atoms with Crippen LogP contribution >= 0.6 is 0 Å². The number of benzene rings is 1. The van der Waals surface area contributed by atoms with Crippen LogP contribution in [0.1, 0.15) is 21.8 Å². The first-order chi connectivity index (χ1) is 11.1. The summed E-state index contributed by atoms with van der Waals surface area (Å²) in [5.41, 5.74) is 1.85. The lowest BCUT2D eigenvalue weighted by Crippen LogP contribution is -2.23. The molecule has 0 bridgehead atoms. The summed E-state index contributed by atoms with van der Waals surface area (Å²) in [5, 5.41) is 16.3. The van der Waals surface area contributed by atoms with Crippen LogP contribution in [0.15, 0.2) is 47.2 Å². The third kappa shape index (κ3) is 3.34. The van der Waals surface area contributed by atoms with Gasteiger partial charge >= 0.3 is 0 Å². The number of carbonyl (C=O) groups is 1. The van der Waals surface area contributed by atoms with Gasteiger partial charge in [0.25, 0.3) is 5.91 Å². The highest BCUT2D eigenvalue weighted by molar-refractivity contribution is 5.96. The van der Waals surface area contributed by atoms with E-state index in [1.165, 1.54) is 6.07 Å². The molecule has 7 heteroatoms. The zero-order chi connectivity index (χ0) is 16.2. The first kappa shape index (κ1) is 14.7. The first-order valence-corrected chi connectivity index (χ1v) is 6.94. The molecule has 1 amide bonds. The predicted molar refractivity (Wildman–Crippen MR) is 81.5 cm³/mol. The Balaban J connectivity index is 1.67. The number of amides is 1. The summed E-state index contributed by atoms with van der Waals surface area (Å²) in [6.07, 6.45) is 3.26. The van der Waals surface area contributed by atoms with Crippen molar-refractivity contribution in [2.24, 2.45) is 0 Å². The van der Waals surface area contributed by atoms with Crippen LogP contribution in [-0.4, -0.2) is 26.1 Å². The molecule has 0 atom stereocenters. The minimum Gasteiger partial charge on any atom is -0.507 e. The molecule has 0 spiro atoms. The molecule has 2 aromatic heterocycles.